The third-order valence-electron chi connectivity index (χ3n) is 1.69. The van der Waals surface area contributed by atoms with Crippen LogP contribution in [-0.2, 0) is 17.5 Å². The van der Waals surface area contributed by atoms with E-state index in [1.165, 1.54) is 18.2 Å². The van der Waals surface area contributed by atoms with E-state index in [-0.39, 0.29) is 17.1 Å². The number of hydrogen-bond donors (Lipinski definition) is 0. The second-order valence-corrected chi connectivity index (χ2v) is 3.14. The highest BCUT2D eigenvalue weighted by molar-refractivity contribution is 6.30. The molecule has 6 heteroatoms. The lowest BCUT2D eigenvalue weighted by Gasteiger charge is -2.11. The van der Waals surface area contributed by atoms with Crippen LogP contribution in [0.15, 0.2) is 23.2 Å². The van der Waals surface area contributed by atoms with Crippen molar-refractivity contribution in [3.8, 4) is 0 Å². The standard InChI is InChI=1S/C9H5ClF3NO/c10-7-2-1-6(4-14-5-15)8(3-7)9(11,12)13/h1-3H,4H2. The van der Waals surface area contributed by atoms with Gasteiger partial charge in [-0.2, -0.15) is 13.2 Å². The molecular formula is C9H5ClF3NO. The van der Waals surface area contributed by atoms with Crippen molar-refractivity contribution in [1.82, 2.24) is 0 Å². The van der Waals surface area contributed by atoms with E-state index in [4.69, 9.17) is 11.6 Å². The third-order valence-corrected chi connectivity index (χ3v) is 1.93. The van der Waals surface area contributed by atoms with Crippen molar-refractivity contribution < 1.29 is 18.0 Å². The fourth-order valence-corrected chi connectivity index (χ4v) is 1.24. The van der Waals surface area contributed by atoms with Crippen molar-refractivity contribution in [1.29, 1.82) is 0 Å². The fraction of sp³-hybridized carbons (Fsp3) is 0.222. The molecule has 0 saturated carbocycles. The van der Waals surface area contributed by atoms with Gasteiger partial charge >= 0.3 is 6.18 Å². The molecular weight excluding hydrogens is 231 g/mol. The molecule has 1 aromatic carbocycles. The molecule has 0 radical (unpaired) electrons. The molecule has 2 nitrogen and oxygen atoms in total. The minimum absolute atomic E-state index is 0.0128. The molecule has 0 fully saturated rings. The van der Waals surface area contributed by atoms with Crippen LogP contribution in [0.2, 0.25) is 5.02 Å². The van der Waals surface area contributed by atoms with Crippen LogP contribution >= 0.6 is 11.6 Å². The first-order chi connectivity index (χ1) is 6.95. The average Bonchev–Trinajstić information content (AvgIpc) is 2.14. The lowest BCUT2D eigenvalue weighted by atomic mass is 10.1. The van der Waals surface area contributed by atoms with Crippen molar-refractivity contribution >= 4 is 17.7 Å². The molecule has 0 amide bonds. The van der Waals surface area contributed by atoms with Gasteiger partial charge in [0.15, 0.2) is 0 Å². The zero-order chi connectivity index (χ0) is 11.5. The predicted molar refractivity (Wildman–Crippen MR) is 48.3 cm³/mol. The number of isocyanates is 1. The Labute approximate surface area is 88.4 Å². The van der Waals surface area contributed by atoms with Crippen LogP contribution in [0, 0.1) is 0 Å². The van der Waals surface area contributed by atoms with Crippen LogP contribution in [0.1, 0.15) is 11.1 Å². The molecule has 1 aromatic rings. The Bertz CT molecular complexity index is 410. The van der Waals surface area contributed by atoms with Gasteiger partial charge in [0.25, 0.3) is 0 Å². The molecule has 0 bridgehead atoms. The molecule has 0 heterocycles. The highest BCUT2D eigenvalue weighted by atomic mass is 35.5. The minimum atomic E-state index is -4.50. The van der Waals surface area contributed by atoms with E-state index in [1.54, 1.807) is 0 Å². The minimum Gasteiger partial charge on any atom is -0.211 e. The third kappa shape index (κ3) is 3.08. The molecule has 0 spiro atoms. The Morgan fingerprint density at radius 1 is 1.40 bits per heavy atom. The van der Waals surface area contributed by atoms with Crippen molar-refractivity contribution in [3.05, 3.63) is 34.3 Å². The second kappa shape index (κ2) is 4.47. The molecule has 15 heavy (non-hydrogen) atoms. The van der Waals surface area contributed by atoms with Crippen molar-refractivity contribution in [2.45, 2.75) is 12.7 Å². The summed E-state index contributed by atoms with van der Waals surface area (Å²) in [6.07, 6.45) is -3.32. The predicted octanol–water partition coefficient (Wildman–Crippen LogP) is 3.19. The smallest absolute Gasteiger partial charge is 0.211 e. The maximum absolute atomic E-state index is 12.5. The van der Waals surface area contributed by atoms with Crippen LogP contribution in [0.3, 0.4) is 0 Å². The van der Waals surface area contributed by atoms with Gasteiger partial charge in [0, 0.05) is 5.02 Å². The summed E-state index contributed by atoms with van der Waals surface area (Å²) >= 11 is 5.45. The highest BCUT2D eigenvalue weighted by Gasteiger charge is 2.33. The van der Waals surface area contributed by atoms with E-state index in [0.29, 0.717) is 0 Å². The summed E-state index contributed by atoms with van der Waals surface area (Å²) < 4.78 is 37.4. The number of benzene rings is 1. The van der Waals surface area contributed by atoms with Crippen LogP contribution < -0.4 is 0 Å². The molecule has 1 rings (SSSR count). The lowest BCUT2D eigenvalue weighted by Crippen LogP contribution is -2.08. The van der Waals surface area contributed by atoms with Gasteiger partial charge in [0.2, 0.25) is 6.08 Å². The highest BCUT2D eigenvalue weighted by Crippen LogP contribution is 2.33. The van der Waals surface area contributed by atoms with E-state index < -0.39 is 11.7 Å². The number of halogens is 4. The van der Waals surface area contributed by atoms with Gasteiger partial charge in [-0.05, 0) is 17.7 Å². The Kier molecular flexibility index (Phi) is 3.50. The second-order valence-electron chi connectivity index (χ2n) is 2.71. The summed E-state index contributed by atoms with van der Waals surface area (Å²) in [7, 11) is 0. The summed E-state index contributed by atoms with van der Waals surface area (Å²) in [5, 5.41) is -0.0128. The molecule has 0 aliphatic carbocycles. The van der Waals surface area contributed by atoms with E-state index in [0.717, 1.165) is 6.07 Å². The van der Waals surface area contributed by atoms with Crippen molar-refractivity contribution in [2.75, 3.05) is 0 Å². The fourth-order valence-electron chi connectivity index (χ4n) is 1.07. The van der Waals surface area contributed by atoms with Gasteiger partial charge < -0.3 is 0 Å². The van der Waals surface area contributed by atoms with E-state index in [1.807, 2.05) is 0 Å². The summed E-state index contributed by atoms with van der Waals surface area (Å²) in [6.45, 7) is -0.352. The molecule has 0 N–H and O–H groups in total. The van der Waals surface area contributed by atoms with Crippen LogP contribution in [0.5, 0.6) is 0 Å². The number of aliphatic imine (C=N–C) groups is 1. The van der Waals surface area contributed by atoms with Crippen molar-refractivity contribution in [2.24, 2.45) is 4.99 Å². The Balaban J connectivity index is 3.20. The van der Waals surface area contributed by atoms with E-state index >= 15 is 0 Å². The van der Waals surface area contributed by atoms with Gasteiger partial charge in [-0.25, -0.2) is 9.79 Å². The zero-order valence-corrected chi connectivity index (χ0v) is 8.06. The molecule has 0 atom stereocenters. The summed E-state index contributed by atoms with van der Waals surface area (Å²) in [5.74, 6) is 0. The zero-order valence-electron chi connectivity index (χ0n) is 7.31. The first-order valence-electron chi connectivity index (χ1n) is 3.84. The van der Waals surface area contributed by atoms with E-state index in [2.05, 4.69) is 4.99 Å². The SMILES string of the molecule is O=C=NCc1ccc(Cl)cc1C(F)(F)F. The van der Waals surface area contributed by atoms with Gasteiger partial charge in [0.05, 0.1) is 12.1 Å². The Morgan fingerprint density at radius 3 is 2.60 bits per heavy atom. The first kappa shape index (κ1) is 11.8. The van der Waals surface area contributed by atoms with Crippen LogP contribution in [0.25, 0.3) is 0 Å². The first-order valence-corrected chi connectivity index (χ1v) is 4.22. The number of hydrogen-bond acceptors (Lipinski definition) is 2. The van der Waals surface area contributed by atoms with Gasteiger partial charge in [-0.1, -0.05) is 17.7 Å². The Hall–Kier alpha value is -1.32. The largest absolute Gasteiger partial charge is 0.416 e. The Morgan fingerprint density at radius 2 is 2.07 bits per heavy atom. The molecule has 0 unspecified atom stereocenters. The molecule has 0 aliphatic heterocycles. The van der Waals surface area contributed by atoms with Crippen molar-refractivity contribution in [3.63, 3.8) is 0 Å². The lowest BCUT2D eigenvalue weighted by molar-refractivity contribution is -0.138. The van der Waals surface area contributed by atoms with E-state index in [9.17, 15) is 18.0 Å². The number of carbonyl (C=O) groups excluding carboxylic acids is 1. The molecule has 80 valence electrons. The van der Waals surface area contributed by atoms with Gasteiger partial charge in [0.1, 0.15) is 0 Å². The number of rotatable bonds is 2. The number of alkyl halides is 3. The molecule has 0 aromatic heterocycles. The molecule has 0 aliphatic rings. The summed E-state index contributed by atoms with van der Waals surface area (Å²) in [4.78, 5) is 12.9. The topological polar surface area (TPSA) is 29.4 Å². The molecule has 0 saturated heterocycles. The average molecular weight is 236 g/mol. The number of nitrogens with zero attached hydrogens (tertiary/aromatic N) is 1. The summed E-state index contributed by atoms with van der Waals surface area (Å²) in [6, 6.07) is 3.30. The normalized spacial score (nSPS) is 10.9. The van der Waals surface area contributed by atoms with Crippen LogP contribution in [-0.4, -0.2) is 6.08 Å². The van der Waals surface area contributed by atoms with Gasteiger partial charge in [-0.15, -0.1) is 0 Å². The maximum Gasteiger partial charge on any atom is 0.416 e. The monoisotopic (exact) mass is 235 g/mol. The van der Waals surface area contributed by atoms with Gasteiger partial charge in [-0.3, -0.25) is 0 Å². The van der Waals surface area contributed by atoms with Crippen LogP contribution in [0.4, 0.5) is 13.2 Å². The quantitative estimate of drug-likeness (QED) is 0.572. The maximum atomic E-state index is 12.5. The summed E-state index contributed by atoms with van der Waals surface area (Å²) in [5.41, 5.74) is -0.982.